The monoisotopic (exact) mass is 434 g/mol. The minimum atomic E-state index is -0.244. The number of hydrogen-bond donors (Lipinski definition) is 3. The van der Waals surface area contributed by atoms with E-state index in [4.69, 9.17) is 4.98 Å². The minimum Gasteiger partial charge on any atom is -0.392 e. The number of benzene rings is 2. The molecule has 0 atom stereocenters. The molecule has 0 radical (unpaired) electrons. The molecule has 3 N–H and O–H groups in total. The van der Waals surface area contributed by atoms with Crippen molar-refractivity contribution < 1.29 is 20.1 Å². The largest absolute Gasteiger partial charge is 0.392 e. The summed E-state index contributed by atoms with van der Waals surface area (Å²) in [4.78, 5) is 19.5. The van der Waals surface area contributed by atoms with E-state index >= 15 is 0 Å². The van der Waals surface area contributed by atoms with Crippen LogP contribution in [0.3, 0.4) is 0 Å². The summed E-state index contributed by atoms with van der Waals surface area (Å²) < 4.78 is 1.97. The lowest BCUT2D eigenvalue weighted by molar-refractivity contribution is 0.104. The van der Waals surface area contributed by atoms with E-state index < -0.39 is 0 Å². The molecular weight excluding hydrogens is 412 g/mol. The van der Waals surface area contributed by atoms with Crippen LogP contribution in [0.4, 0.5) is 0 Å². The van der Waals surface area contributed by atoms with Gasteiger partial charge in [-0.05, 0) is 41.8 Å². The fraction of sp³-hybridized carbons (Fsp3) is 0.167. The van der Waals surface area contributed by atoms with Crippen molar-refractivity contribution in [3.05, 3.63) is 87.6 Å². The van der Waals surface area contributed by atoms with E-state index in [2.05, 4.69) is 0 Å². The average Bonchev–Trinajstić information content (AvgIpc) is 3.32. The van der Waals surface area contributed by atoms with Gasteiger partial charge in [-0.2, -0.15) is 0 Å². The van der Waals surface area contributed by atoms with Crippen molar-refractivity contribution in [2.45, 2.75) is 26.7 Å². The highest BCUT2D eigenvalue weighted by Crippen LogP contribution is 2.29. The van der Waals surface area contributed by atoms with Gasteiger partial charge in [-0.1, -0.05) is 36.4 Å². The Hall–Kier alpha value is -3.10. The highest BCUT2D eigenvalue weighted by atomic mass is 32.1. The van der Waals surface area contributed by atoms with Gasteiger partial charge in [0.25, 0.3) is 0 Å². The maximum atomic E-state index is 12.8. The second-order valence-electron chi connectivity index (χ2n) is 7.19. The average molecular weight is 435 g/mol. The maximum Gasteiger partial charge on any atom is 0.194 e. The van der Waals surface area contributed by atoms with Crippen LogP contribution in [0.15, 0.2) is 54.7 Å². The van der Waals surface area contributed by atoms with Gasteiger partial charge in [0.05, 0.1) is 31.2 Å². The van der Waals surface area contributed by atoms with Crippen molar-refractivity contribution in [3.63, 3.8) is 0 Å². The smallest absolute Gasteiger partial charge is 0.194 e. The molecule has 6 nitrogen and oxygen atoms in total. The summed E-state index contributed by atoms with van der Waals surface area (Å²) in [6.07, 6.45) is 5.24. The summed E-state index contributed by atoms with van der Waals surface area (Å²) in [5.41, 5.74) is 4.83. The van der Waals surface area contributed by atoms with Gasteiger partial charge >= 0.3 is 0 Å². The number of carbonyl (C=O) groups is 1. The third-order valence-electron chi connectivity index (χ3n) is 5.11. The molecule has 2 aromatic heterocycles. The van der Waals surface area contributed by atoms with Crippen molar-refractivity contribution in [3.8, 4) is 11.3 Å². The van der Waals surface area contributed by atoms with Gasteiger partial charge in [0.1, 0.15) is 0 Å². The van der Waals surface area contributed by atoms with Crippen LogP contribution in [0, 0.1) is 6.92 Å². The zero-order chi connectivity index (χ0) is 22.0. The first kappa shape index (κ1) is 21.1. The molecule has 158 valence electrons. The number of carbonyl (C=O) groups excluding carboxylic acids is 1. The number of imidazole rings is 1. The van der Waals surface area contributed by atoms with Crippen LogP contribution in [0.5, 0.6) is 0 Å². The van der Waals surface area contributed by atoms with E-state index in [-0.39, 0.29) is 25.6 Å². The van der Waals surface area contributed by atoms with Crippen LogP contribution in [0.2, 0.25) is 0 Å². The summed E-state index contributed by atoms with van der Waals surface area (Å²) in [7, 11) is 0. The standard InChI is InChI=1S/C24H22N2O4S/c1-15-11-26-21(8-9-22(30)18-6-7-19(13-28)20(10-18)14-29)23(25-24(26)31-15)17-4-2-16(12-27)3-5-17/h2-11,27-29H,12-14H2,1H3/b9-8+. The van der Waals surface area contributed by atoms with E-state index in [0.717, 1.165) is 32.4 Å². The summed E-state index contributed by atoms with van der Waals surface area (Å²) in [5, 5.41) is 28.1. The fourth-order valence-corrected chi connectivity index (χ4v) is 4.28. The van der Waals surface area contributed by atoms with Crippen LogP contribution < -0.4 is 0 Å². The number of fused-ring (bicyclic) bond motifs is 1. The molecule has 0 amide bonds. The topological polar surface area (TPSA) is 95.1 Å². The van der Waals surface area contributed by atoms with E-state index in [1.54, 1.807) is 35.6 Å². The van der Waals surface area contributed by atoms with Crippen LogP contribution in [-0.2, 0) is 19.8 Å². The van der Waals surface area contributed by atoms with E-state index in [0.29, 0.717) is 16.7 Å². The predicted molar refractivity (Wildman–Crippen MR) is 121 cm³/mol. The van der Waals surface area contributed by atoms with Crippen molar-refractivity contribution in [1.82, 2.24) is 9.38 Å². The van der Waals surface area contributed by atoms with Gasteiger partial charge in [-0.3, -0.25) is 9.20 Å². The first-order valence-electron chi connectivity index (χ1n) is 9.78. The van der Waals surface area contributed by atoms with Crippen LogP contribution in [-0.4, -0.2) is 30.5 Å². The van der Waals surface area contributed by atoms with E-state index in [9.17, 15) is 20.1 Å². The number of aryl methyl sites for hydroxylation is 1. The summed E-state index contributed by atoms with van der Waals surface area (Å²) in [6.45, 7) is 1.55. The molecule has 0 unspecified atom stereocenters. The molecule has 0 bridgehead atoms. The third kappa shape index (κ3) is 4.22. The second kappa shape index (κ2) is 8.95. The minimum absolute atomic E-state index is 0.0239. The molecule has 0 aliphatic carbocycles. The summed E-state index contributed by atoms with van der Waals surface area (Å²) in [6, 6.07) is 12.4. The quantitative estimate of drug-likeness (QED) is 0.304. The Bertz CT molecular complexity index is 1270. The zero-order valence-electron chi connectivity index (χ0n) is 16.9. The van der Waals surface area contributed by atoms with Crippen LogP contribution >= 0.6 is 11.3 Å². The number of aliphatic hydroxyl groups excluding tert-OH is 3. The van der Waals surface area contributed by atoms with Crippen molar-refractivity contribution >= 4 is 28.2 Å². The third-order valence-corrected chi connectivity index (χ3v) is 6.01. The van der Waals surface area contributed by atoms with Gasteiger partial charge in [0.15, 0.2) is 10.7 Å². The Morgan fingerprint density at radius 1 is 1.03 bits per heavy atom. The van der Waals surface area contributed by atoms with Crippen molar-refractivity contribution in [2.75, 3.05) is 0 Å². The number of thiazole rings is 1. The predicted octanol–water partition coefficient (Wildman–Crippen LogP) is 3.74. The molecular formula is C24H22N2O4S. The number of allylic oxidation sites excluding steroid dienone is 1. The number of nitrogens with zero attached hydrogens (tertiary/aromatic N) is 2. The van der Waals surface area contributed by atoms with E-state index in [1.165, 1.54) is 6.08 Å². The lowest BCUT2D eigenvalue weighted by atomic mass is 10.0. The molecule has 31 heavy (non-hydrogen) atoms. The lowest BCUT2D eigenvalue weighted by Gasteiger charge is -2.06. The Kier molecular flexibility index (Phi) is 6.11. The van der Waals surface area contributed by atoms with Gasteiger partial charge in [0.2, 0.25) is 0 Å². The molecule has 7 heteroatoms. The Labute approximate surface area is 183 Å². The molecule has 0 saturated heterocycles. The first-order valence-corrected chi connectivity index (χ1v) is 10.6. The van der Waals surface area contributed by atoms with Crippen LogP contribution in [0.1, 0.15) is 37.6 Å². The zero-order valence-corrected chi connectivity index (χ0v) is 17.8. The Morgan fingerprint density at radius 3 is 2.45 bits per heavy atom. The number of aliphatic hydroxyl groups is 3. The number of ketones is 1. The molecule has 2 aromatic carbocycles. The number of hydrogen-bond acceptors (Lipinski definition) is 6. The summed E-state index contributed by atoms with van der Waals surface area (Å²) >= 11 is 1.57. The molecule has 4 rings (SSSR count). The van der Waals surface area contributed by atoms with Gasteiger partial charge in [-0.15, -0.1) is 11.3 Å². The molecule has 4 aromatic rings. The molecule has 0 saturated carbocycles. The van der Waals surface area contributed by atoms with Crippen molar-refractivity contribution in [1.29, 1.82) is 0 Å². The Morgan fingerprint density at radius 2 is 1.77 bits per heavy atom. The Balaban J connectivity index is 1.73. The molecule has 0 fully saturated rings. The molecule has 0 aliphatic heterocycles. The van der Waals surface area contributed by atoms with Gasteiger partial charge in [0, 0.05) is 22.2 Å². The fourth-order valence-electron chi connectivity index (χ4n) is 3.44. The number of aromatic nitrogens is 2. The van der Waals surface area contributed by atoms with Crippen molar-refractivity contribution in [2.24, 2.45) is 0 Å². The van der Waals surface area contributed by atoms with Crippen LogP contribution in [0.25, 0.3) is 22.3 Å². The SMILES string of the molecule is Cc1cn2c(/C=C/C(=O)c3ccc(CO)c(CO)c3)c(-c3ccc(CO)cc3)nc2s1. The second-order valence-corrected chi connectivity index (χ2v) is 8.41. The van der Waals surface area contributed by atoms with Gasteiger partial charge in [-0.25, -0.2) is 4.98 Å². The highest BCUT2D eigenvalue weighted by Gasteiger charge is 2.15. The molecule has 0 aliphatic rings. The maximum absolute atomic E-state index is 12.8. The molecule has 0 spiro atoms. The number of rotatable bonds is 7. The first-order chi connectivity index (χ1) is 15.0. The van der Waals surface area contributed by atoms with Gasteiger partial charge < -0.3 is 15.3 Å². The summed E-state index contributed by atoms with van der Waals surface area (Å²) in [5.74, 6) is -0.206. The van der Waals surface area contributed by atoms with E-state index in [1.807, 2.05) is 41.8 Å². The normalized spacial score (nSPS) is 11.6. The molecule has 2 heterocycles. The highest BCUT2D eigenvalue weighted by molar-refractivity contribution is 7.17. The lowest BCUT2D eigenvalue weighted by Crippen LogP contribution is -2.00.